The smallest absolute Gasteiger partial charge is 0.423 e. The molecule has 0 fully saturated rings. The third-order valence-corrected chi connectivity index (χ3v) is 3.65. The zero-order valence-corrected chi connectivity index (χ0v) is 10.4. The molecule has 0 bridgehead atoms. The lowest BCUT2D eigenvalue weighted by molar-refractivity contribution is 0.425. The maximum atomic E-state index is 13.4. The van der Waals surface area contributed by atoms with E-state index < -0.39 is 7.12 Å². The van der Waals surface area contributed by atoms with E-state index in [1.54, 1.807) is 30.3 Å². The molecule has 92 valence electrons. The molecule has 0 aliphatic rings. The fraction of sp³-hybridized carbons (Fsp3) is 0.0769. The highest BCUT2D eigenvalue weighted by Gasteiger charge is 2.15. The van der Waals surface area contributed by atoms with Gasteiger partial charge in [0.2, 0.25) is 0 Å². The van der Waals surface area contributed by atoms with E-state index in [0.29, 0.717) is 16.1 Å². The molecule has 0 saturated heterocycles. The van der Waals surface area contributed by atoms with Gasteiger partial charge in [0.15, 0.2) is 0 Å². The van der Waals surface area contributed by atoms with Gasteiger partial charge in [0.1, 0.15) is 5.82 Å². The zero-order valence-electron chi connectivity index (χ0n) is 9.58. The Hall–Kier alpha value is -1.30. The van der Waals surface area contributed by atoms with Gasteiger partial charge in [0.05, 0.1) is 0 Å². The molecule has 0 aromatic heterocycles. The van der Waals surface area contributed by atoms with Gasteiger partial charge in [0.25, 0.3) is 0 Å². The van der Waals surface area contributed by atoms with Crippen molar-refractivity contribution in [1.29, 1.82) is 0 Å². The van der Waals surface area contributed by atoms with Gasteiger partial charge in [-0.25, -0.2) is 4.39 Å². The summed E-state index contributed by atoms with van der Waals surface area (Å²) in [5.41, 5.74) is 1.25. The Balaban J connectivity index is 2.14. The Bertz CT molecular complexity index is 534. The highest BCUT2D eigenvalue weighted by atomic mass is 32.2. The summed E-state index contributed by atoms with van der Waals surface area (Å²) in [4.78, 5) is 0.555. The Labute approximate surface area is 110 Å². The molecule has 0 unspecified atom stereocenters. The van der Waals surface area contributed by atoms with Crippen LogP contribution in [0.3, 0.4) is 0 Å². The highest BCUT2D eigenvalue weighted by Crippen LogP contribution is 2.24. The molecule has 2 aromatic carbocycles. The van der Waals surface area contributed by atoms with Gasteiger partial charge in [-0.05, 0) is 23.2 Å². The predicted molar refractivity (Wildman–Crippen MR) is 72.2 cm³/mol. The molecule has 0 amide bonds. The lowest BCUT2D eigenvalue weighted by Gasteiger charge is -2.08. The minimum atomic E-state index is -1.50. The molecule has 2 rings (SSSR count). The van der Waals surface area contributed by atoms with Crippen LogP contribution in [-0.4, -0.2) is 17.2 Å². The Kier molecular flexibility index (Phi) is 4.41. The number of halogens is 1. The van der Waals surface area contributed by atoms with E-state index >= 15 is 0 Å². The minimum absolute atomic E-state index is 0.260. The molecule has 0 radical (unpaired) electrons. The van der Waals surface area contributed by atoms with Crippen LogP contribution in [0.5, 0.6) is 0 Å². The summed E-state index contributed by atoms with van der Waals surface area (Å²) in [6.45, 7) is 0. The molecule has 0 aliphatic carbocycles. The summed E-state index contributed by atoms with van der Waals surface area (Å²) in [6.07, 6.45) is 0. The van der Waals surface area contributed by atoms with Crippen molar-refractivity contribution in [2.24, 2.45) is 0 Å². The Morgan fingerprint density at radius 1 is 1.00 bits per heavy atom. The summed E-state index contributed by atoms with van der Waals surface area (Å²) in [6, 6.07) is 13.6. The fourth-order valence-corrected chi connectivity index (χ4v) is 2.59. The number of benzene rings is 2. The van der Waals surface area contributed by atoms with Crippen molar-refractivity contribution in [2.45, 2.75) is 10.6 Å². The molecular formula is C13H12BFO2S. The quantitative estimate of drug-likeness (QED) is 0.652. The van der Waals surface area contributed by atoms with Gasteiger partial charge in [-0.3, -0.25) is 0 Å². The second-order valence-electron chi connectivity index (χ2n) is 3.79. The van der Waals surface area contributed by atoms with E-state index in [4.69, 9.17) is 0 Å². The summed E-state index contributed by atoms with van der Waals surface area (Å²) in [7, 11) is -1.50. The molecule has 0 spiro atoms. The third kappa shape index (κ3) is 3.13. The van der Waals surface area contributed by atoms with Gasteiger partial charge in [-0.15, -0.1) is 11.8 Å². The van der Waals surface area contributed by atoms with E-state index in [9.17, 15) is 14.4 Å². The van der Waals surface area contributed by atoms with Crippen molar-refractivity contribution < 1.29 is 14.4 Å². The third-order valence-electron chi connectivity index (χ3n) is 2.55. The molecule has 2 nitrogen and oxygen atoms in total. The van der Waals surface area contributed by atoms with Crippen molar-refractivity contribution in [3.8, 4) is 0 Å². The molecule has 0 saturated carbocycles. The molecule has 18 heavy (non-hydrogen) atoms. The first-order valence-corrected chi connectivity index (χ1v) is 6.48. The van der Waals surface area contributed by atoms with Crippen LogP contribution in [0.2, 0.25) is 0 Å². The first-order chi connectivity index (χ1) is 8.68. The lowest BCUT2D eigenvalue weighted by atomic mass is 9.77. The summed E-state index contributed by atoms with van der Waals surface area (Å²) in [5, 5.41) is 18.5. The second kappa shape index (κ2) is 6.04. The normalized spacial score (nSPS) is 10.4. The summed E-state index contributed by atoms with van der Waals surface area (Å²) < 4.78 is 13.4. The van der Waals surface area contributed by atoms with Crippen LogP contribution in [0.1, 0.15) is 5.56 Å². The number of hydrogen-bond donors (Lipinski definition) is 2. The van der Waals surface area contributed by atoms with Crippen molar-refractivity contribution in [3.63, 3.8) is 0 Å². The number of rotatable bonds is 4. The van der Waals surface area contributed by atoms with Crippen LogP contribution in [0.15, 0.2) is 53.4 Å². The van der Waals surface area contributed by atoms with Crippen LogP contribution in [0.4, 0.5) is 4.39 Å². The van der Waals surface area contributed by atoms with Gasteiger partial charge >= 0.3 is 7.12 Å². The van der Waals surface area contributed by atoms with Crippen LogP contribution in [0, 0.1) is 5.82 Å². The standard InChI is InChI=1S/C13H12BFO2S/c15-12-7-3-4-8-13(12)18-9-10-5-1-2-6-11(10)14(16)17/h1-8,16-17H,9H2. The first kappa shape index (κ1) is 13.1. The van der Waals surface area contributed by atoms with Gasteiger partial charge in [-0.1, -0.05) is 36.4 Å². The molecule has 0 atom stereocenters. The predicted octanol–water partition coefficient (Wildman–Crippen LogP) is 1.80. The molecule has 5 heteroatoms. The van der Waals surface area contributed by atoms with Crippen molar-refractivity contribution in [3.05, 3.63) is 59.9 Å². The zero-order chi connectivity index (χ0) is 13.0. The number of hydrogen-bond acceptors (Lipinski definition) is 3. The van der Waals surface area contributed by atoms with E-state index in [-0.39, 0.29) is 5.82 Å². The highest BCUT2D eigenvalue weighted by molar-refractivity contribution is 7.98. The van der Waals surface area contributed by atoms with Crippen LogP contribution >= 0.6 is 11.8 Å². The van der Waals surface area contributed by atoms with Crippen LogP contribution in [0.25, 0.3) is 0 Å². The van der Waals surface area contributed by atoms with Gasteiger partial charge in [-0.2, -0.15) is 0 Å². The topological polar surface area (TPSA) is 40.5 Å². The summed E-state index contributed by atoms with van der Waals surface area (Å²) >= 11 is 1.33. The largest absolute Gasteiger partial charge is 0.488 e. The molecule has 0 heterocycles. The van der Waals surface area contributed by atoms with Gasteiger partial charge < -0.3 is 10.0 Å². The van der Waals surface area contributed by atoms with E-state index in [1.165, 1.54) is 17.8 Å². The molecule has 2 aromatic rings. The van der Waals surface area contributed by atoms with E-state index in [0.717, 1.165) is 5.56 Å². The second-order valence-corrected chi connectivity index (χ2v) is 4.81. The van der Waals surface area contributed by atoms with E-state index in [1.807, 2.05) is 12.1 Å². The SMILES string of the molecule is OB(O)c1ccccc1CSc1ccccc1F. The summed E-state index contributed by atoms with van der Waals surface area (Å²) in [5.74, 6) is 0.235. The van der Waals surface area contributed by atoms with Crippen molar-refractivity contribution in [1.82, 2.24) is 0 Å². The Morgan fingerprint density at radius 2 is 1.67 bits per heavy atom. The van der Waals surface area contributed by atoms with Gasteiger partial charge in [0, 0.05) is 10.6 Å². The van der Waals surface area contributed by atoms with Crippen LogP contribution in [-0.2, 0) is 5.75 Å². The molecular weight excluding hydrogens is 250 g/mol. The van der Waals surface area contributed by atoms with E-state index in [2.05, 4.69) is 0 Å². The number of thioether (sulfide) groups is 1. The van der Waals surface area contributed by atoms with Crippen LogP contribution < -0.4 is 5.46 Å². The van der Waals surface area contributed by atoms with Crippen molar-refractivity contribution >= 4 is 24.3 Å². The monoisotopic (exact) mass is 262 g/mol. The Morgan fingerprint density at radius 3 is 2.39 bits per heavy atom. The lowest BCUT2D eigenvalue weighted by Crippen LogP contribution is -2.32. The van der Waals surface area contributed by atoms with Crippen molar-refractivity contribution in [2.75, 3.05) is 0 Å². The maximum absolute atomic E-state index is 13.4. The first-order valence-electron chi connectivity index (χ1n) is 5.50. The fourth-order valence-electron chi connectivity index (χ4n) is 1.63. The minimum Gasteiger partial charge on any atom is -0.423 e. The molecule has 2 N–H and O–H groups in total. The average Bonchev–Trinajstić information content (AvgIpc) is 2.38. The average molecular weight is 262 g/mol. The maximum Gasteiger partial charge on any atom is 0.488 e. The molecule has 0 aliphatic heterocycles.